The molecule has 0 spiro atoms. The van der Waals surface area contributed by atoms with Crippen molar-refractivity contribution in [3.63, 3.8) is 0 Å². The zero-order valence-corrected chi connectivity index (χ0v) is 11.3. The van der Waals surface area contributed by atoms with E-state index in [0.717, 1.165) is 19.3 Å². The Hall–Kier alpha value is -1.59. The number of nitrogens with one attached hydrogen (secondary N) is 2. The lowest BCUT2D eigenvalue weighted by Crippen LogP contribution is -2.41. The van der Waals surface area contributed by atoms with Gasteiger partial charge in [0.15, 0.2) is 0 Å². The summed E-state index contributed by atoms with van der Waals surface area (Å²) in [6.45, 7) is 2.10. The monoisotopic (exact) mass is 270 g/mol. The van der Waals surface area contributed by atoms with Crippen LogP contribution in [0.2, 0.25) is 0 Å². The fraction of sp³-hybridized carbons (Fsp3) is 0.769. The van der Waals surface area contributed by atoms with Gasteiger partial charge in [0.05, 0.1) is 5.41 Å². The third kappa shape index (κ3) is 4.89. The first kappa shape index (κ1) is 15.5. The minimum Gasteiger partial charge on any atom is -0.481 e. The summed E-state index contributed by atoms with van der Waals surface area (Å²) in [5.41, 5.74) is -0.893. The molecule has 6 heteroatoms. The van der Waals surface area contributed by atoms with Gasteiger partial charge in [-0.3, -0.25) is 14.4 Å². The first-order valence-electron chi connectivity index (χ1n) is 6.71. The van der Waals surface area contributed by atoms with Crippen LogP contribution in [0.25, 0.3) is 0 Å². The number of carbonyl (C=O) groups excluding carboxylic acids is 2. The van der Waals surface area contributed by atoms with Gasteiger partial charge in [0.1, 0.15) is 0 Å². The van der Waals surface area contributed by atoms with E-state index in [1.54, 1.807) is 0 Å². The highest BCUT2D eigenvalue weighted by Gasteiger charge is 2.41. The molecule has 1 fully saturated rings. The van der Waals surface area contributed by atoms with E-state index in [1.165, 1.54) is 6.92 Å². The van der Waals surface area contributed by atoms with Gasteiger partial charge < -0.3 is 15.7 Å². The van der Waals surface area contributed by atoms with E-state index in [4.69, 9.17) is 0 Å². The average molecular weight is 270 g/mol. The quantitative estimate of drug-likeness (QED) is 0.618. The van der Waals surface area contributed by atoms with Crippen molar-refractivity contribution in [1.82, 2.24) is 10.6 Å². The molecule has 0 unspecified atom stereocenters. The number of amides is 2. The van der Waals surface area contributed by atoms with Crippen molar-refractivity contribution in [3.05, 3.63) is 0 Å². The van der Waals surface area contributed by atoms with Crippen LogP contribution >= 0.6 is 0 Å². The third-order valence-electron chi connectivity index (χ3n) is 3.58. The van der Waals surface area contributed by atoms with E-state index in [-0.39, 0.29) is 18.2 Å². The van der Waals surface area contributed by atoms with Gasteiger partial charge in [-0.2, -0.15) is 0 Å². The Morgan fingerprint density at radius 2 is 1.63 bits per heavy atom. The highest BCUT2D eigenvalue weighted by Crippen LogP contribution is 2.39. The molecule has 0 aliphatic heterocycles. The summed E-state index contributed by atoms with van der Waals surface area (Å²) in [7, 11) is 0. The molecule has 0 radical (unpaired) electrons. The Morgan fingerprint density at radius 1 is 1.05 bits per heavy atom. The van der Waals surface area contributed by atoms with Gasteiger partial charge in [0.2, 0.25) is 11.8 Å². The second-order valence-electron chi connectivity index (χ2n) is 5.16. The van der Waals surface area contributed by atoms with Crippen molar-refractivity contribution < 1.29 is 19.5 Å². The van der Waals surface area contributed by atoms with Crippen LogP contribution in [0.4, 0.5) is 0 Å². The average Bonchev–Trinajstić information content (AvgIpc) is 2.35. The molecule has 19 heavy (non-hydrogen) atoms. The molecule has 1 aliphatic carbocycles. The molecular formula is C13H22N2O4. The third-order valence-corrected chi connectivity index (χ3v) is 3.58. The van der Waals surface area contributed by atoms with Gasteiger partial charge in [0.25, 0.3) is 0 Å². The minimum absolute atomic E-state index is 0.0302. The van der Waals surface area contributed by atoms with Gasteiger partial charge in [-0.1, -0.05) is 19.3 Å². The van der Waals surface area contributed by atoms with Crippen LogP contribution < -0.4 is 10.6 Å². The van der Waals surface area contributed by atoms with Crippen molar-refractivity contribution in [2.75, 3.05) is 13.1 Å². The first-order valence-corrected chi connectivity index (χ1v) is 6.71. The topological polar surface area (TPSA) is 95.5 Å². The summed E-state index contributed by atoms with van der Waals surface area (Å²) < 4.78 is 0. The highest BCUT2D eigenvalue weighted by atomic mass is 16.4. The Morgan fingerprint density at radius 3 is 2.16 bits per heavy atom. The molecule has 3 N–H and O–H groups in total. The van der Waals surface area contributed by atoms with Crippen molar-refractivity contribution in [3.8, 4) is 0 Å². The molecule has 1 aliphatic rings. The van der Waals surface area contributed by atoms with Crippen LogP contribution in [-0.2, 0) is 14.4 Å². The van der Waals surface area contributed by atoms with E-state index in [9.17, 15) is 19.5 Å². The summed E-state index contributed by atoms with van der Waals surface area (Å²) in [6.07, 6.45) is 3.95. The van der Waals surface area contributed by atoms with Crippen LogP contribution in [0, 0.1) is 5.41 Å². The smallest absolute Gasteiger partial charge is 0.310 e. The highest BCUT2D eigenvalue weighted by molar-refractivity contribution is 5.85. The molecule has 6 nitrogen and oxygen atoms in total. The van der Waals surface area contributed by atoms with Gasteiger partial charge >= 0.3 is 5.97 Å². The Bertz CT molecular complexity index is 349. The maximum Gasteiger partial charge on any atom is 0.310 e. The molecule has 1 saturated carbocycles. The van der Waals surface area contributed by atoms with E-state index in [0.29, 0.717) is 25.9 Å². The molecule has 108 valence electrons. The second-order valence-corrected chi connectivity index (χ2v) is 5.16. The van der Waals surface area contributed by atoms with E-state index >= 15 is 0 Å². The van der Waals surface area contributed by atoms with Crippen molar-refractivity contribution in [2.45, 2.75) is 45.4 Å². The Kier molecular flexibility index (Phi) is 5.79. The van der Waals surface area contributed by atoms with Crippen LogP contribution in [0.3, 0.4) is 0 Å². The summed E-state index contributed by atoms with van der Waals surface area (Å²) in [5.74, 6) is -1.28. The fourth-order valence-electron chi connectivity index (χ4n) is 2.51. The number of hydrogen-bond acceptors (Lipinski definition) is 3. The van der Waals surface area contributed by atoms with E-state index in [2.05, 4.69) is 10.6 Å². The maximum absolute atomic E-state index is 11.8. The molecule has 2 amide bonds. The van der Waals surface area contributed by atoms with Gasteiger partial charge in [-0.15, -0.1) is 0 Å². The van der Waals surface area contributed by atoms with Crippen molar-refractivity contribution in [2.24, 2.45) is 5.41 Å². The Balaban J connectivity index is 2.39. The van der Waals surface area contributed by atoms with Gasteiger partial charge in [-0.05, 0) is 12.8 Å². The molecular weight excluding hydrogens is 248 g/mol. The fourth-order valence-corrected chi connectivity index (χ4v) is 2.51. The lowest BCUT2D eigenvalue weighted by Gasteiger charge is -2.32. The zero-order chi connectivity index (χ0) is 14.3. The molecule has 1 rings (SSSR count). The SMILES string of the molecule is CC(=O)NCCNC(=O)CC1(C(=O)O)CCCCC1. The summed E-state index contributed by atoms with van der Waals surface area (Å²) in [4.78, 5) is 33.8. The van der Waals surface area contributed by atoms with Crippen LogP contribution in [0.5, 0.6) is 0 Å². The van der Waals surface area contributed by atoms with Crippen LogP contribution in [0.15, 0.2) is 0 Å². The number of rotatable bonds is 6. The van der Waals surface area contributed by atoms with E-state index < -0.39 is 11.4 Å². The van der Waals surface area contributed by atoms with Crippen molar-refractivity contribution in [1.29, 1.82) is 0 Å². The summed E-state index contributed by atoms with van der Waals surface area (Å²) in [5, 5.41) is 14.6. The normalized spacial score (nSPS) is 17.5. The molecule has 0 heterocycles. The number of carbonyl (C=O) groups is 3. The van der Waals surface area contributed by atoms with Crippen molar-refractivity contribution >= 4 is 17.8 Å². The molecule has 0 aromatic heterocycles. The van der Waals surface area contributed by atoms with Crippen LogP contribution in [0.1, 0.15) is 45.4 Å². The zero-order valence-electron chi connectivity index (χ0n) is 11.3. The molecule has 0 bridgehead atoms. The first-order chi connectivity index (χ1) is 8.96. The largest absolute Gasteiger partial charge is 0.481 e. The number of carboxylic acid groups (broad SMARTS) is 1. The second kappa shape index (κ2) is 7.11. The molecule has 0 atom stereocenters. The lowest BCUT2D eigenvalue weighted by atomic mass is 9.71. The van der Waals surface area contributed by atoms with Crippen LogP contribution in [-0.4, -0.2) is 36.0 Å². The maximum atomic E-state index is 11.8. The molecule has 0 aromatic carbocycles. The predicted molar refractivity (Wildman–Crippen MR) is 69.5 cm³/mol. The standard InChI is InChI=1S/C13H22N2O4/c1-10(16)14-7-8-15-11(17)9-13(12(18)19)5-3-2-4-6-13/h2-9H2,1H3,(H,14,16)(H,15,17)(H,18,19). The number of carboxylic acids is 1. The number of aliphatic carboxylic acids is 1. The van der Waals surface area contributed by atoms with Gasteiger partial charge in [0, 0.05) is 26.4 Å². The minimum atomic E-state index is -0.893. The van der Waals surface area contributed by atoms with E-state index in [1.807, 2.05) is 0 Å². The summed E-state index contributed by atoms with van der Waals surface area (Å²) >= 11 is 0. The molecule has 0 saturated heterocycles. The predicted octanol–water partition coefficient (Wildman–Crippen LogP) is 0.664. The lowest BCUT2D eigenvalue weighted by molar-refractivity contribution is -0.154. The Labute approximate surface area is 112 Å². The molecule has 0 aromatic rings. The number of hydrogen-bond donors (Lipinski definition) is 3. The summed E-state index contributed by atoms with van der Waals surface area (Å²) in [6, 6.07) is 0. The van der Waals surface area contributed by atoms with Gasteiger partial charge in [-0.25, -0.2) is 0 Å².